The lowest BCUT2D eigenvalue weighted by molar-refractivity contribution is 0.0670. The Balaban J connectivity index is 1.52. The van der Waals surface area contributed by atoms with Gasteiger partial charge >= 0.3 is 0 Å². The number of benzene rings is 1. The van der Waals surface area contributed by atoms with Gasteiger partial charge in [-0.1, -0.05) is 0 Å². The molecule has 1 aliphatic heterocycles. The van der Waals surface area contributed by atoms with Crippen LogP contribution in [-0.4, -0.2) is 41.5 Å². The molecule has 1 atom stereocenters. The van der Waals surface area contributed by atoms with E-state index in [1.165, 1.54) is 4.68 Å². The van der Waals surface area contributed by atoms with Gasteiger partial charge in [0.25, 0.3) is 5.91 Å². The van der Waals surface area contributed by atoms with Crippen molar-refractivity contribution in [2.75, 3.05) is 6.54 Å². The van der Waals surface area contributed by atoms with E-state index in [4.69, 9.17) is 0 Å². The van der Waals surface area contributed by atoms with E-state index in [1.54, 1.807) is 28.9 Å². The van der Waals surface area contributed by atoms with Gasteiger partial charge < -0.3 is 4.90 Å². The minimum absolute atomic E-state index is 0.198. The van der Waals surface area contributed by atoms with Crippen molar-refractivity contribution >= 4 is 11.6 Å². The van der Waals surface area contributed by atoms with Crippen LogP contribution in [-0.2, 0) is 13.5 Å². The van der Waals surface area contributed by atoms with Gasteiger partial charge in [-0.15, -0.1) is 0 Å². The minimum Gasteiger partial charge on any atom is -0.328 e. The average molecular weight is 440 g/mol. The van der Waals surface area contributed by atoms with Crippen LogP contribution in [0, 0.1) is 24.4 Å². The number of aromatic nitrogens is 5. The highest BCUT2D eigenvalue weighted by atomic mass is 19.2. The second-order valence-electron chi connectivity index (χ2n) is 7.97. The zero-order chi connectivity index (χ0) is 22.7. The van der Waals surface area contributed by atoms with Crippen LogP contribution in [0.2, 0.25) is 0 Å². The van der Waals surface area contributed by atoms with Crippen molar-refractivity contribution in [2.45, 2.75) is 26.3 Å². The highest BCUT2D eigenvalue weighted by molar-refractivity contribution is 5.98. The van der Waals surface area contributed by atoms with Crippen molar-refractivity contribution in [3.8, 4) is 11.3 Å². The van der Waals surface area contributed by atoms with Crippen molar-refractivity contribution < 1.29 is 18.0 Å². The molecule has 7 nitrogen and oxygen atoms in total. The summed E-state index contributed by atoms with van der Waals surface area (Å²) in [6.45, 7) is 4.11. The van der Waals surface area contributed by atoms with E-state index in [0.29, 0.717) is 30.0 Å². The zero-order valence-electron chi connectivity index (χ0n) is 17.6. The van der Waals surface area contributed by atoms with Crippen LogP contribution >= 0.6 is 0 Å². The quantitative estimate of drug-likeness (QED) is 0.447. The minimum atomic E-state index is -1.51. The van der Waals surface area contributed by atoms with Gasteiger partial charge in [0.15, 0.2) is 28.8 Å². The molecule has 5 rings (SSSR count). The first-order chi connectivity index (χ1) is 15.3. The maximum Gasteiger partial charge on any atom is 0.276 e. The maximum absolute atomic E-state index is 13.8. The lowest BCUT2D eigenvalue weighted by atomic mass is 9.95. The molecule has 1 aromatic carbocycles. The SMILES string of the molecule is Cc1cnc2c(C(=O)N3CCc4c(nn(C)c4-c4cc(F)c(F)c(F)c4)[C@@H]3C)ncn2c1. The number of hydrogen-bond donors (Lipinski definition) is 0. The van der Waals surface area contributed by atoms with Crippen LogP contribution in [0.3, 0.4) is 0 Å². The summed E-state index contributed by atoms with van der Waals surface area (Å²) in [6, 6.07) is 1.52. The highest BCUT2D eigenvalue weighted by Crippen LogP contribution is 2.36. The summed E-state index contributed by atoms with van der Waals surface area (Å²) in [4.78, 5) is 23.6. The highest BCUT2D eigenvalue weighted by Gasteiger charge is 2.35. The number of aryl methyl sites for hydroxylation is 2. The van der Waals surface area contributed by atoms with Gasteiger partial charge in [-0.05, 0) is 38.0 Å². The second kappa shape index (κ2) is 7.18. The first kappa shape index (κ1) is 20.2. The van der Waals surface area contributed by atoms with Gasteiger partial charge in [-0.2, -0.15) is 5.10 Å². The number of fused-ring (bicyclic) bond motifs is 2. The fraction of sp³-hybridized carbons (Fsp3) is 0.273. The van der Waals surface area contributed by atoms with Gasteiger partial charge in [0.05, 0.1) is 17.4 Å². The Kier molecular flexibility index (Phi) is 4.54. The van der Waals surface area contributed by atoms with Gasteiger partial charge in [0.2, 0.25) is 0 Å². The monoisotopic (exact) mass is 440 g/mol. The molecule has 0 N–H and O–H groups in total. The van der Waals surface area contributed by atoms with Crippen molar-refractivity contribution in [3.05, 3.63) is 70.8 Å². The normalized spacial score (nSPS) is 15.9. The van der Waals surface area contributed by atoms with E-state index in [1.807, 2.05) is 20.0 Å². The Morgan fingerprint density at radius 2 is 1.88 bits per heavy atom. The molecule has 0 fully saturated rings. The molecule has 0 aliphatic carbocycles. The molecule has 3 aromatic heterocycles. The van der Waals surface area contributed by atoms with E-state index in [2.05, 4.69) is 15.1 Å². The van der Waals surface area contributed by atoms with Crippen LogP contribution < -0.4 is 0 Å². The molecule has 1 aliphatic rings. The Bertz CT molecular complexity index is 1370. The summed E-state index contributed by atoms with van der Waals surface area (Å²) in [5, 5.41) is 4.52. The number of hydrogen-bond acceptors (Lipinski definition) is 4. The van der Waals surface area contributed by atoms with Crippen molar-refractivity contribution in [1.82, 2.24) is 29.0 Å². The molecule has 0 radical (unpaired) electrons. The summed E-state index contributed by atoms with van der Waals surface area (Å²) in [6.07, 6.45) is 5.50. The van der Waals surface area contributed by atoms with E-state index in [0.717, 1.165) is 23.3 Å². The molecule has 0 saturated heterocycles. The summed E-state index contributed by atoms with van der Waals surface area (Å²) >= 11 is 0. The molecule has 4 aromatic rings. The smallest absolute Gasteiger partial charge is 0.276 e. The molecule has 0 unspecified atom stereocenters. The van der Waals surface area contributed by atoms with E-state index in [-0.39, 0.29) is 17.2 Å². The molecule has 10 heteroatoms. The number of imidazole rings is 1. The summed E-state index contributed by atoms with van der Waals surface area (Å²) < 4.78 is 44.3. The summed E-state index contributed by atoms with van der Waals surface area (Å²) in [5.41, 5.74) is 3.76. The Labute approximate surface area is 181 Å². The number of carbonyl (C=O) groups excluding carboxylic acids is 1. The Morgan fingerprint density at radius 1 is 1.16 bits per heavy atom. The van der Waals surface area contributed by atoms with E-state index in [9.17, 15) is 18.0 Å². The average Bonchev–Trinajstić information content (AvgIpc) is 3.32. The Hall–Kier alpha value is -3.69. The predicted molar refractivity (Wildman–Crippen MR) is 109 cm³/mol. The van der Waals surface area contributed by atoms with Crippen LogP contribution in [0.5, 0.6) is 0 Å². The van der Waals surface area contributed by atoms with Gasteiger partial charge in [-0.3, -0.25) is 13.9 Å². The first-order valence-electron chi connectivity index (χ1n) is 10.1. The lowest BCUT2D eigenvalue weighted by Gasteiger charge is -2.32. The number of amides is 1. The molecule has 0 saturated carbocycles. The molecular weight excluding hydrogens is 421 g/mol. The molecule has 32 heavy (non-hydrogen) atoms. The number of carbonyl (C=O) groups is 1. The first-order valence-corrected chi connectivity index (χ1v) is 10.1. The molecule has 0 bridgehead atoms. The molecule has 1 amide bonds. The molecule has 4 heterocycles. The fourth-order valence-corrected chi connectivity index (χ4v) is 4.35. The number of halogens is 3. The van der Waals surface area contributed by atoms with E-state index >= 15 is 0 Å². The molecule has 0 spiro atoms. The topological polar surface area (TPSA) is 68.3 Å². The second-order valence-corrected chi connectivity index (χ2v) is 7.97. The lowest BCUT2D eigenvalue weighted by Crippen LogP contribution is -2.39. The van der Waals surface area contributed by atoms with Crippen molar-refractivity contribution in [2.24, 2.45) is 7.05 Å². The summed E-state index contributed by atoms with van der Waals surface area (Å²) in [5.74, 6) is -4.30. The van der Waals surface area contributed by atoms with Crippen LogP contribution in [0.25, 0.3) is 16.9 Å². The fourth-order valence-electron chi connectivity index (χ4n) is 4.35. The third-order valence-electron chi connectivity index (χ3n) is 5.86. The van der Waals surface area contributed by atoms with Crippen LogP contribution in [0.4, 0.5) is 13.2 Å². The van der Waals surface area contributed by atoms with Gasteiger partial charge in [-0.25, -0.2) is 23.1 Å². The molecular formula is C22H19F3N6O. The standard InChI is InChI=1S/C22H19F3N6O/c1-11-8-26-21-19(27-10-30(21)9-11)22(32)31-5-4-14-18(12(31)2)28-29(3)20(14)13-6-15(23)17(25)16(24)7-13/h6-10,12H,4-5H2,1-3H3/t12-/m0/s1. The van der Waals surface area contributed by atoms with Gasteiger partial charge in [0, 0.05) is 37.1 Å². The van der Waals surface area contributed by atoms with Crippen LogP contribution in [0.1, 0.15) is 40.3 Å². The zero-order valence-corrected chi connectivity index (χ0v) is 17.6. The van der Waals surface area contributed by atoms with E-state index < -0.39 is 23.5 Å². The molecule has 164 valence electrons. The number of nitrogens with zero attached hydrogens (tertiary/aromatic N) is 6. The van der Waals surface area contributed by atoms with Crippen LogP contribution in [0.15, 0.2) is 30.9 Å². The van der Waals surface area contributed by atoms with Crippen molar-refractivity contribution in [1.29, 1.82) is 0 Å². The third kappa shape index (κ3) is 2.97. The number of rotatable bonds is 2. The maximum atomic E-state index is 13.8. The third-order valence-corrected chi connectivity index (χ3v) is 5.86. The van der Waals surface area contributed by atoms with Gasteiger partial charge in [0.1, 0.15) is 6.33 Å². The Morgan fingerprint density at radius 3 is 2.59 bits per heavy atom. The summed E-state index contributed by atoms with van der Waals surface area (Å²) in [7, 11) is 1.65. The largest absolute Gasteiger partial charge is 0.328 e. The predicted octanol–water partition coefficient (Wildman–Crippen LogP) is 3.62. The van der Waals surface area contributed by atoms with Crippen molar-refractivity contribution in [3.63, 3.8) is 0 Å².